The van der Waals surface area contributed by atoms with E-state index in [1.165, 1.54) is 15.7 Å². The summed E-state index contributed by atoms with van der Waals surface area (Å²) in [7, 11) is 0. The van der Waals surface area contributed by atoms with Crippen LogP contribution in [0.2, 0.25) is 0 Å². The van der Waals surface area contributed by atoms with E-state index in [2.05, 4.69) is 19.9 Å². The van der Waals surface area contributed by atoms with Crippen molar-refractivity contribution in [1.82, 2.24) is 4.57 Å². The van der Waals surface area contributed by atoms with Crippen LogP contribution in [-0.2, 0) is 15.9 Å². The van der Waals surface area contributed by atoms with Crippen molar-refractivity contribution in [1.29, 1.82) is 5.26 Å². The molecule has 1 aromatic heterocycles. The highest BCUT2D eigenvalue weighted by molar-refractivity contribution is 5.95. The lowest BCUT2D eigenvalue weighted by molar-refractivity contribution is -0.0876. The fourth-order valence-corrected chi connectivity index (χ4v) is 6.05. The molecule has 0 spiro atoms. The van der Waals surface area contributed by atoms with Crippen LogP contribution in [0.1, 0.15) is 54.0 Å². The van der Waals surface area contributed by atoms with E-state index in [9.17, 15) is 15.5 Å². The molecule has 3 heterocycles. The molecule has 2 bridgehead atoms. The lowest BCUT2D eigenvalue weighted by atomic mass is 9.78. The second-order valence-electron chi connectivity index (χ2n) is 10.2. The van der Waals surface area contributed by atoms with Crippen LogP contribution >= 0.6 is 0 Å². The summed E-state index contributed by atoms with van der Waals surface area (Å²) < 4.78 is 14.1. The smallest absolute Gasteiger partial charge is 0.205 e. The van der Waals surface area contributed by atoms with Gasteiger partial charge in [0, 0.05) is 17.2 Å². The Balaban J connectivity index is 1.41. The van der Waals surface area contributed by atoms with Gasteiger partial charge in [0.2, 0.25) is 11.8 Å². The molecule has 1 saturated heterocycles. The van der Waals surface area contributed by atoms with Crippen molar-refractivity contribution in [2.24, 2.45) is 0 Å². The molecule has 3 aromatic carbocycles. The predicted octanol–water partition coefficient (Wildman–Crippen LogP) is 6.23. The van der Waals surface area contributed by atoms with Gasteiger partial charge in [0.1, 0.15) is 11.4 Å². The number of hydrogen-bond acceptors (Lipinski definition) is 5. The molecule has 2 aliphatic heterocycles. The number of aromatic nitrogens is 1. The number of nitrogens with zero attached hydrogens (tertiary/aromatic N) is 2. The third-order valence-electron chi connectivity index (χ3n) is 8.05. The molecule has 0 amide bonds. The summed E-state index contributed by atoms with van der Waals surface area (Å²) in [6.07, 6.45) is 2.03. The van der Waals surface area contributed by atoms with Crippen LogP contribution in [0.5, 0.6) is 17.5 Å². The first kappa shape index (κ1) is 22.5. The van der Waals surface area contributed by atoms with Crippen LogP contribution in [0.15, 0.2) is 54.6 Å². The molecule has 6 heteroatoms. The van der Waals surface area contributed by atoms with Crippen molar-refractivity contribution in [3.63, 3.8) is 0 Å². The van der Waals surface area contributed by atoms with Gasteiger partial charge in [-0.3, -0.25) is 4.57 Å². The van der Waals surface area contributed by atoms with Crippen LogP contribution in [0.4, 0.5) is 0 Å². The van der Waals surface area contributed by atoms with Crippen molar-refractivity contribution in [3.8, 4) is 29.3 Å². The number of aryl methyl sites for hydroxylation is 2. The molecule has 6 nitrogen and oxygen atoms in total. The molecule has 2 atom stereocenters. The average Bonchev–Trinajstić information content (AvgIpc) is 3.45. The number of nitriles is 1. The summed E-state index contributed by atoms with van der Waals surface area (Å²) in [5, 5.41) is 34.1. The zero-order chi connectivity index (χ0) is 25.2. The Morgan fingerprint density at radius 2 is 1.72 bits per heavy atom. The van der Waals surface area contributed by atoms with E-state index >= 15 is 0 Å². The minimum Gasteiger partial charge on any atom is -0.494 e. The summed E-state index contributed by atoms with van der Waals surface area (Å²) in [5.74, 6) is 0.769. The highest BCUT2D eigenvalue weighted by Gasteiger charge is 2.61. The lowest BCUT2D eigenvalue weighted by Gasteiger charge is -2.26. The molecular weight excluding hydrogens is 452 g/mol. The Labute approximate surface area is 209 Å². The molecule has 0 radical (unpaired) electrons. The van der Waals surface area contributed by atoms with Crippen molar-refractivity contribution in [2.75, 3.05) is 6.61 Å². The molecule has 36 heavy (non-hydrogen) atoms. The van der Waals surface area contributed by atoms with Crippen molar-refractivity contribution in [2.45, 2.75) is 51.2 Å². The second-order valence-corrected chi connectivity index (χ2v) is 10.2. The number of hydrogen-bond donors (Lipinski definition) is 2. The highest BCUT2D eigenvalue weighted by atomic mass is 16.5. The SMILES string of the molecule is Cc1ccc(OCC[C@]23CC[C@](C)(O2)c2c3c(O)n(-c3ccc(C#N)c4ccccc34)c2O)cc1C. The zero-order valence-electron chi connectivity index (χ0n) is 20.6. The van der Waals surface area contributed by atoms with Crippen LogP contribution in [0.3, 0.4) is 0 Å². The maximum absolute atomic E-state index is 11.6. The fourth-order valence-electron chi connectivity index (χ4n) is 6.05. The van der Waals surface area contributed by atoms with Gasteiger partial charge in [0.25, 0.3) is 0 Å². The Morgan fingerprint density at radius 3 is 2.47 bits per heavy atom. The third kappa shape index (κ3) is 3.06. The average molecular weight is 481 g/mol. The molecule has 0 aliphatic carbocycles. The molecule has 0 saturated carbocycles. The molecule has 2 N–H and O–H groups in total. The minimum atomic E-state index is -0.737. The lowest BCUT2D eigenvalue weighted by Crippen LogP contribution is -2.25. The Kier molecular flexibility index (Phi) is 4.86. The van der Waals surface area contributed by atoms with E-state index in [1.54, 1.807) is 12.1 Å². The Hall–Kier alpha value is -3.95. The molecular formula is C30H28N2O4. The number of rotatable bonds is 5. The molecule has 182 valence electrons. The van der Waals surface area contributed by atoms with Gasteiger partial charge in [-0.1, -0.05) is 30.3 Å². The van der Waals surface area contributed by atoms with Gasteiger partial charge >= 0.3 is 0 Å². The Bertz CT molecular complexity index is 1580. The number of fused-ring (bicyclic) bond motifs is 6. The van der Waals surface area contributed by atoms with Crippen molar-refractivity contribution in [3.05, 3.63) is 82.4 Å². The van der Waals surface area contributed by atoms with Crippen LogP contribution in [0, 0.1) is 25.2 Å². The minimum absolute atomic E-state index is 0.0171. The number of benzene rings is 3. The largest absolute Gasteiger partial charge is 0.494 e. The van der Waals surface area contributed by atoms with Gasteiger partial charge in [-0.25, -0.2) is 0 Å². The monoisotopic (exact) mass is 480 g/mol. The third-order valence-corrected chi connectivity index (χ3v) is 8.05. The van der Waals surface area contributed by atoms with Crippen molar-refractivity contribution >= 4 is 10.8 Å². The topological polar surface area (TPSA) is 87.6 Å². The van der Waals surface area contributed by atoms with Gasteiger partial charge in [0.05, 0.1) is 40.7 Å². The van der Waals surface area contributed by atoms with Gasteiger partial charge in [0.15, 0.2) is 0 Å². The first-order valence-electron chi connectivity index (χ1n) is 12.3. The van der Waals surface area contributed by atoms with Crippen molar-refractivity contribution < 1.29 is 19.7 Å². The molecule has 2 aliphatic rings. The van der Waals surface area contributed by atoms with E-state index in [-0.39, 0.29) is 11.8 Å². The van der Waals surface area contributed by atoms with Gasteiger partial charge in [-0.05, 0) is 69.0 Å². The first-order valence-corrected chi connectivity index (χ1v) is 12.3. The second kappa shape index (κ2) is 7.78. The van der Waals surface area contributed by atoms with Crippen LogP contribution < -0.4 is 4.74 Å². The van der Waals surface area contributed by atoms with E-state index in [0.29, 0.717) is 35.4 Å². The standard InChI is InChI=1S/C30H28N2O4/c1-18-8-10-21(16-19(18)2)35-15-14-30-13-12-29(3,36-30)25-26(30)28(34)32(27(25)33)24-11-9-20(17-31)22-6-4-5-7-23(22)24/h4-11,16,33-34H,12-15H2,1-3H3/t29-,30-/m0/s1. The Morgan fingerprint density at radius 1 is 0.972 bits per heavy atom. The highest BCUT2D eigenvalue weighted by Crippen LogP contribution is 2.65. The van der Waals surface area contributed by atoms with Gasteiger partial charge in [-0.2, -0.15) is 5.26 Å². The maximum atomic E-state index is 11.6. The van der Waals surface area contributed by atoms with E-state index in [4.69, 9.17) is 9.47 Å². The summed E-state index contributed by atoms with van der Waals surface area (Å²) in [6.45, 7) is 6.53. The molecule has 0 unspecified atom stereocenters. The summed E-state index contributed by atoms with van der Waals surface area (Å²) in [6, 6.07) is 19.3. The summed E-state index contributed by atoms with van der Waals surface area (Å²) >= 11 is 0. The van der Waals surface area contributed by atoms with Gasteiger partial charge < -0.3 is 19.7 Å². The number of aromatic hydroxyl groups is 2. The van der Waals surface area contributed by atoms with Crippen LogP contribution in [0.25, 0.3) is 16.5 Å². The summed E-state index contributed by atoms with van der Waals surface area (Å²) in [4.78, 5) is 0. The quantitative estimate of drug-likeness (QED) is 0.353. The first-order chi connectivity index (χ1) is 17.3. The van der Waals surface area contributed by atoms with Gasteiger partial charge in [-0.15, -0.1) is 0 Å². The van der Waals surface area contributed by atoms with E-state index < -0.39 is 11.2 Å². The number of ether oxygens (including phenoxy) is 2. The zero-order valence-corrected chi connectivity index (χ0v) is 20.6. The molecule has 6 rings (SSSR count). The maximum Gasteiger partial charge on any atom is 0.205 e. The fraction of sp³-hybridized carbons (Fsp3) is 0.300. The predicted molar refractivity (Wildman–Crippen MR) is 137 cm³/mol. The van der Waals surface area contributed by atoms with Crippen LogP contribution in [-0.4, -0.2) is 21.4 Å². The normalized spacial score (nSPS) is 22.1. The van der Waals surface area contributed by atoms with E-state index in [0.717, 1.165) is 29.4 Å². The van der Waals surface area contributed by atoms with E-state index in [1.807, 2.05) is 49.4 Å². The molecule has 1 fully saturated rings. The summed E-state index contributed by atoms with van der Waals surface area (Å²) in [5.41, 5.74) is 3.42. The molecule has 4 aromatic rings.